The van der Waals surface area contributed by atoms with E-state index in [1.54, 1.807) is 31.4 Å². The van der Waals surface area contributed by atoms with E-state index in [1.807, 2.05) is 24.3 Å². The van der Waals surface area contributed by atoms with Gasteiger partial charge in [-0.25, -0.2) is 4.39 Å². The number of methoxy groups -OCH3 is 1. The van der Waals surface area contributed by atoms with E-state index < -0.39 is 5.82 Å². The molecule has 0 aliphatic carbocycles. The van der Waals surface area contributed by atoms with Crippen molar-refractivity contribution >= 4 is 23.5 Å². The molecule has 1 heterocycles. The van der Waals surface area contributed by atoms with Gasteiger partial charge in [0.25, 0.3) is 0 Å². The minimum absolute atomic E-state index is 0.0132. The van der Waals surface area contributed by atoms with Crippen LogP contribution >= 0.6 is 11.6 Å². The maximum absolute atomic E-state index is 14.0. The standard InChI is InChI=1S/C23H16ClFO4/c1-27-15-7-5-14(6-8-15)13-28-16-9-10-17-21(11-16)29-22(23(17)26)12-18-19(24)3-2-4-20(18)25/h2-12H,13H2,1H3. The van der Waals surface area contributed by atoms with E-state index in [9.17, 15) is 9.18 Å². The molecule has 1 aliphatic rings. The monoisotopic (exact) mass is 410 g/mol. The molecule has 0 amide bonds. The third-order valence-electron chi connectivity index (χ3n) is 4.48. The fourth-order valence-electron chi connectivity index (χ4n) is 2.93. The lowest BCUT2D eigenvalue weighted by Gasteiger charge is -2.08. The normalized spacial score (nSPS) is 13.9. The second-order valence-corrected chi connectivity index (χ2v) is 6.78. The minimum Gasteiger partial charge on any atom is -0.497 e. The Morgan fingerprint density at radius 3 is 2.55 bits per heavy atom. The lowest BCUT2D eigenvalue weighted by atomic mass is 10.1. The smallest absolute Gasteiger partial charge is 0.231 e. The number of benzene rings is 3. The van der Waals surface area contributed by atoms with Gasteiger partial charge in [-0.2, -0.15) is 0 Å². The maximum atomic E-state index is 14.0. The van der Waals surface area contributed by atoms with E-state index in [4.69, 9.17) is 25.8 Å². The van der Waals surface area contributed by atoms with Gasteiger partial charge in [0.2, 0.25) is 5.78 Å². The first kappa shape index (κ1) is 19.0. The van der Waals surface area contributed by atoms with Crippen LogP contribution in [0.3, 0.4) is 0 Å². The molecule has 29 heavy (non-hydrogen) atoms. The molecule has 4 nitrogen and oxygen atoms in total. The van der Waals surface area contributed by atoms with Crippen LogP contribution in [-0.4, -0.2) is 12.9 Å². The molecule has 6 heteroatoms. The molecular formula is C23H16ClFO4. The highest BCUT2D eigenvalue weighted by molar-refractivity contribution is 6.32. The number of rotatable bonds is 5. The van der Waals surface area contributed by atoms with E-state index in [-0.39, 0.29) is 22.1 Å². The van der Waals surface area contributed by atoms with Gasteiger partial charge < -0.3 is 14.2 Å². The molecular weight excluding hydrogens is 395 g/mol. The summed E-state index contributed by atoms with van der Waals surface area (Å²) in [6, 6.07) is 16.8. The molecule has 0 spiro atoms. The lowest BCUT2D eigenvalue weighted by Crippen LogP contribution is -1.99. The van der Waals surface area contributed by atoms with E-state index in [2.05, 4.69) is 0 Å². The summed E-state index contributed by atoms with van der Waals surface area (Å²) < 4.78 is 30.6. The Labute approximate surface area is 172 Å². The first-order valence-electron chi connectivity index (χ1n) is 8.83. The van der Waals surface area contributed by atoms with E-state index in [0.29, 0.717) is 23.7 Å². The highest BCUT2D eigenvalue weighted by Gasteiger charge is 2.28. The van der Waals surface area contributed by atoms with Crippen LogP contribution in [0.1, 0.15) is 21.5 Å². The second-order valence-electron chi connectivity index (χ2n) is 6.37. The Hall–Kier alpha value is -3.31. The third kappa shape index (κ3) is 3.96. The Kier molecular flexibility index (Phi) is 5.23. The van der Waals surface area contributed by atoms with Crippen LogP contribution in [0.5, 0.6) is 17.2 Å². The number of Topliss-reactive ketones (excluding diaryl/α,β-unsaturated/α-hetero) is 1. The summed E-state index contributed by atoms with van der Waals surface area (Å²) in [5, 5.41) is 0.202. The van der Waals surface area contributed by atoms with Gasteiger partial charge in [-0.1, -0.05) is 29.8 Å². The number of halogens is 2. The maximum Gasteiger partial charge on any atom is 0.231 e. The predicted molar refractivity (Wildman–Crippen MR) is 108 cm³/mol. The summed E-state index contributed by atoms with van der Waals surface area (Å²) >= 11 is 6.03. The Morgan fingerprint density at radius 1 is 1.07 bits per heavy atom. The summed E-state index contributed by atoms with van der Waals surface area (Å²) in [6.07, 6.45) is 1.32. The SMILES string of the molecule is COc1ccc(COc2ccc3c(c2)OC(=Cc2c(F)cccc2Cl)C3=O)cc1. The molecule has 0 fully saturated rings. The van der Waals surface area contributed by atoms with Crippen LogP contribution in [0, 0.1) is 5.82 Å². The zero-order chi connectivity index (χ0) is 20.4. The van der Waals surface area contributed by atoms with Gasteiger partial charge >= 0.3 is 0 Å². The highest BCUT2D eigenvalue weighted by Crippen LogP contribution is 2.36. The van der Waals surface area contributed by atoms with Gasteiger partial charge in [0, 0.05) is 11.6 Å². The molecule has 4 rings (SSSR count). The number of hydrogen-bond acceptors (Lipinski definition) is 4. The number of fused-ring (bicyclic) bond motifs is 1. The number of ketones is 1. The van der Waals surface area contributed by atoms with Crippen molar-refractivity contribution in [1.82, 2.24) is 0 Å². The van der Waals surface area contributed by atoms with Crippen molar-refractivity contribution < 1.29 is 23.4 Å². The molecule has 0 saturated heterocycles. The van der Waals surface area contributed by atoms with Crippen molar-refractivity contribution in [2.24, 2.45) is 0 Å². The average molecular weight is 411 g/mol. The van der Waals surface area contributed by atoms with Crippen molar-refractivity contribution in [3.8, 4) is 17.2 Å². The molecule has 146 valence electrons. The molecule has 3 aromatic rings. The predicted octanol–water partition coefficient (Wildman–Crippen LogP) is 5.68. The van der Waals surface area contributed by atoms with E-state index in [0.717, 1.165) is 11.3 Å². The summed E-state index contributed by atoms with van der Waals surface area (Å²) in [5.41, 5.74) is 1.47. The summed E-state index contributed by atoms with van der Waals surface area (Å²) in [4.78, 5) is 12.6. The summed E-state index contributed by atoms with van der Waals surface area (Å²) in [7, 11) is 1.61. The number of ether oxygens (including phenoxy) is 3. The fraction of sp³-hybridized carbons (Fsp3) is 0.0870. The van der Waals surface area contributed by atoms with Crippen LogP contribution in [0.15, 0.2) is 66.4 Å². The zero-order valence-electron chi connectivity index (χ0n) is 15.4. The van der Waals surface area contributed by atoms with Gasteiger partial charge in [-0.15, -0.1) is 0 Å². The molecule has 0 radical (unpaired) electrons. The van der Waals surface area contributed by atoms with Crippen LogP contribution in [-0.2, 0) is 6.61 Å². The minimum atomic E-state index is -0.527. The molecule has 1 aliphatic heterocycles. The van der Waals surface area contributed by atoms with Gasteiger partial charge in [0.15, 0.2) is 5.76 Å². The van der Waals surface area contributed by atoms with Gasteiger partial charge in [0.05, 0.1) is 17.7 Å². The molecule has 0 N–H and O–H groups in total. The van der Waals surface area contributed by atoms with E-state index >= 15 is 0 Å². The van der Waals surface area contributed by atoms with Crippen molar-refractivity contribution in [1.29, 1.82) is 0 Å². The Bertz CT molecular complexity index is 1090. The number of allylic oxidation sites excluding steroid dienone is 1. The molecule has 0 atom stereocenters. The van der Waals surface area contributed by atoms with Gasteiger partial charge in [-0.3, -0.25) is 4.79 Å². The molecule has 0 saturated carbocycles. The van der Waals surface area contributed by atoms with Gasteiger partial charge in [-0.05, 0) is 48.0 Å². The number of carbonyl (C=O) groups is 1. The summed E-state index contributed by atoms with van der Waals surface area (Å²) in [5.74, 6) is 0.840. The van der Waals surface area contributed by atoms with Crippen molar-refractivity contribution in [3.63, 3.8) is 0 Å². The Balaban J connectivity index is 1.51. The van der Waals surface area contributed by atoms with Crippen LogP contribution < -0.4 is 14.2 Å². The number of hydrogen-bond donors (Lipinski definition) is 0. The quantitative estimate of drug-likeness (QED) is 0.507. The van der Waals surface area contributed by atoms with Crippen LogP contribution in [0.25, 0.3) is 6.08 Å². The highest BCUT2D eigenvalue weighted by atomic mass is 35.5. The molecule has 0 aromatic heterocycles. The van der Waals surface area contributed by atoms with Crippen molar-refractivity contribution in [2.75, 3.05) is 7.11 Å². The molecule has 0 bridgehead atoms. The van der Waals surface area contributed by atoms with Crippen LogP contribution in [0.4, 0.5) is 4.39 Å². The van der Waals surface area contributed by atoms with Crippen LogP contribution in [0.2, 0.25) is 5.02 Å². The lowest BCUT2D eigenvalue weighted by molar-refractivity contribution is 0.101. The van der Waals surface area contributed by atoms with Crippen molar-refractivity contribution in [3.05, 3.63) is 94.0 Å². The van der Waals surface area contributed by atoms with E-state index in [1.165, 1.54) is 18.2 Å². The number of carbonyl (C=O) groups excluding carboxylic acids is 1. The topological polar surface area (TPSA) is 44.8 Å². The largest absolute Gasteiger partial charge is 0.497 e. The average Bonchev–Trinajstić information content (AvgIpc) is 3.04. The first-order valence-corrected chi connectivity index (χ1v) is 9.21. The third-order valence-corrected chi connectivity index (χ3v) is 4.81. The zero-order valence-corrected chi connectivity index (χ0v) is 16.2. The fourth-order valence-corrected chi connectivity index (χ4v) is 3.14. The van der Waals surface area contributed by atoms with Crippen molar-refractivity contribution in [2.45, 2.75) is 6.61 Å². The molecule has 0 unspecified atom stereocenters. The molecule has 3 aromatic carbocycles. The summed E-state index contributed by atoms with van der Waals surface area (Å²) in [6.45, 7) is 0.351. The first-order chi connectivity index (χ1) is 14.0. The second kappa shape index (κ2) is 7.97. The Morgan fingerprint density at radius 2 is 1.83 bits per heavy atom. The van der Waals surface area contributed by atoms with Gasteiger partial charge in [0.1, 0.15) is 29.7 Å².